The molecular formula is C18H15N5O2S. The zero-order chi connectivity index (χ0) is 18.6. The number of hydrogen-bond acceptors (Lipinski definition) is 5. The second-order valence-electron chi connectivity index (χ2n) is 5.41. The molecule has 8 heteroatoms. The Bertz CT molecular complexity index is 1080. The van der Waals surface area contributed by atoms with Crippen LogP contribution >= 0.6 is 0 Å². The van der Waals surface area contributed by atoms with Gasteiger partial charge in [0.2, 0.25) is 5.95 Å². The van der Waals surface area contributed by atoms with E-state index < -0.39 is 10.0 Å². The molecule has 26 heavy (non-hydrogen) atoms. The molecule has 3 rings (SSSR count). The lowest BCUT2D eigenvalue weighted by Crippen LogP contribution is -2.13. The van der Waals surface area contributed by atoms with Crippen LogP contribution in [-0.2, 0) is 10.0 Å². The molecule has 0 aliphatic rings. The van der Waals surface area contributed by atoms with Gasteiger partial charge >= 0.3 is 0 Å². The highest BCUT2D eigenvalue weighted by Crippen LogP contribution is 2.16. The van der Waals surface area contributed by atoms with Gasteiger partial charge in [0.1, 0.15) is 5.82 Å². The molecule has 0 bridgehead atoms. The third-order valence-electron chi connectivity index (χ3n) is 3.43. The maximum atomic E-state index is 12.3. The van der Waals surface area contributed by atoms with E-state index in [4.69, 9.17) is 5.26 Å². The van der Waals surface area contributed by atoms with Gasteiger partial charge in [-0.2, -0.15) is 14.9 Å². The minimum atomic E-state index is -3.77. The molecule has 0 aliphatic heterocycles. The number of benzene rings is 2. The summed E-state index contributed by atoms with van der Waals surface area (Å²) in [6.07, 6.45) is 1.50. The Labute approximate surface area is 151 Å². The fraction of sp³-hybridized carbons (Fsp3) is 0.0556. The number of nitrogens with zero attached hydrogens (tertiary/aromatic N) is 4. The van der Waals surface area contributed by atoms with E-state index in [-0.39, 0.29) is 5.95 Å². The summed E-state index contributed by atoms with van der Waals surface area (Å²) in [4.78, 5) is 4.13. The van der Waals surface area contributed by atoms with E-state index in [0.29, 0.717) is 17.1 Å². The highest BCUT2D eigenvalue weighted by atomic mass is 32.2. The van der Waals surface area contributed by atoms with Crippen molar-refractivity contribution in [1.82, 2.24) is 14.8 Å². The molecule has 0 amide bonds. The van der Waals surface area contributed by atoms with Gasteiger partial charge in [0.25, 0.3) is 10.0 Å². The van der Waals surface area contributed by atoms with E-state index in [0.717, 1.165) is 11.0 Å². The first kappa shape index (κ1) is 17.4. The lowest BCUT2D eigenvalue weighted by Gasteiger charge is -2.07. The van der Waals surface area contributed by atoms with Crippen molar-refractivity contribution in [3.8, 4) is 11.8 Å². The van der Waals surface area contributed by atoms with Crippen LogP contribution < -0.4 is 4.72 Å². The first-order valence-electron chi connectivity index (χ1n) is 7.67. The molecule has 130 valence electrons. The summed E-state index contributed by atoms with van der Waals surface area (Å²) < 4.78 is 28.5. The zero-order valence-electron chi connectivity index (χ0n) is 13.9. The van der Waals surface area contributed by atoms with Crippen LogP contribution in [0.4, 0.5) is 5.95 Å². The maximum absolute atomic E-state index is 12.3. The van der Waals surface area contributed by atoms with Crippen molar-refractivity contribution >= 4 is 22.0 Å². The number of rotatable bonds is 5. The van der Waals surface area contributed by atoms with Gasteiger partial charge in [-0.25, -0.2) is 13.1 Å². The number of aryl methyl sites for hydroxylation is 1. The van der Waals surface area contributed by atoms with Gasteiger partial charge in [0.05, 0.1) is 22.7 Å². The molecule has 0 aliphatic carbocycles. The minimum Gasteiger partial charge on any atom is -0.248 e. The molecule has 1 heterocycles. The average Bonchev–Trinajstić information content (AvgIpc) is 3.00. The van der Waals surface area contributed by atoms with Crippen molar-refractivity contribution in [2.24, 2.45) is 0 Å². The smallest absolute Gasteiger partial charge is 0.248 e. The predicted octanol–water partition coefficient (Wildman–Crippen LogP) is 2.86. The predicted molar refractivity (Wildman–Crippen MR) is 98.8 cm³/mol. The van der Waals surface area contributed by atoms with E-state index in [1.165, 1.54) is 10.8 Å². The van der Waals surface area contributed by atoms with E-state index in [1.807, 2.05) is 24.3 Å². The Morgan fingerprint density at radius 2 is 1.81 bits per heavy atom. The summed E-state index contributed by atoms with van der Waals surface area (Å²) in [7, 11) is -3.77. The van der Waals surface area contributed by atoms with Crippen molar-refractivity contribution in [3.05, 3.63) is 77.0 Å². The molecule has 1 aromatic heterocycles. The summed E-state index contributed by atoms with van der Waals surface area (Å²) in [5.41, 5.74) is 1.86. The minimum absolute atomic E-state index is 0.0740. The third kappa shape index (κ3) is 4.15. The van der Waals surface area contributed by atoms with E-state index >= 15 is 0 Å². The van der Waals surface area contributed by atoms with Gasteiger partial charge in [-0.1, -0.05) is 30.3 Å². The largest absolute Gasteiger partial charge is 0.257 e. The van der Waals surface area contributed by atoms with Crippen LogP contribution in [0.2, 0.25) is 0 Å². The lowest BCUT2D eigenvalue weighted by atomic mass is 10.2. The van der Waals surface area contributed by atoms with Crippen molar-refractivity contribution in [1.29, 1.82) is 5.26 Å². The maximum Gasteiger partial charge on any atom is 0.257 e. The van der Waals surface area contributed by atoms with Crippen LogP contribution in [0.3, 0.4) is 0 Å². The molecular weight excluding hydrogens is 350 g/mol. The van der Waals surface area contributed by atoms with E-state index in [1.54, 1.807) is 43.3 Å². The number of sulfonamides is 1. The van der Waals surface area contributed by atoms with Crippen molar-refractivity contribution in [2.75, 3.05) is 4.72 Å². The summed E-state index contributed by atoms with van der Waals surface area (Å²) in [6.45, 7) is 1.66. The zero-order valence-corrected chi connectivity index (χ0v) is 14.7. The van der Waals surface area contributed by atoms with Crippen LogP contribution in [0.25, 0.3) is 11.8 Å². The number of anilines is 1. The van der Waals surface area contributed by atoms with Crippen LogP contribution in [0.5, 0.6) is 0 Å². The SMILES string of the molecule is Cc1nc(NS(=O)(=O)C=Cc2ccccc2)n(-c2ccc(C#N)cc2)n1. The molecule has 0 saturated heterocycles. The Balaban J connectivity index is 1.88. The van der Waals surface area contributed by atoms with Crippen LogP contribution in [0, 0.1) is 18.3 Å². The Kier molecular flexibility index (Phi) is 4.82. The molecule has 0 saturated carbocycles. The van der Waals surface area contributed by atoms with Crippen LogP contribution in [-0.4, -0.2) is 23.2 Å². The lowest BCUT2D eigenvalue weighted by molar-refractivity contribution is 0.609. The highest BCUT2D eigenvalue weighted by molar-refractivity contribution is 7.95. The molecule has 2 aromatic carbocycles. The quantitative estimate of drug-likeness (QED) is 0.749. The number of hydrogen-bond donors (Lipinski definition) is 1. The highest BCUT2D eigenvalue weighted by Gasteiger charge is 2.15. The van der Waals surface area contributed by atoms with E-state index in [9.17, 15) is 8.42 Å². The fourth-order valence-corrected chi connectivity index (χ4v) is 3.02. The monoisotopic (exact) mass is 365 g/mol. The van der Waals surface area contributed by atoms with Gasteiger partial charge in [-0.3, -0.25) is 0 Å². The fourth-order valence-electron chi connectivity index (χ4n) is 2.23. The van der Waals surface area contributed by atoms with Gasteiger partial charge in [0, 0.05) is 0 Å². The van der Waals surface area contributed by atoms with Crippen molar-refractivity contribution < 1.29 is 8.42 Å². The topological polar surface area (TPSA) is 101 Å². The van der Waals surface area contributed by atoms with Gasteiger partial charge < -0.3 is 0 Å². The molecule has 0 fully saturated rings. The molecule has 0 spiro atoms. The summed E-state index contributed by atoms with van der Waals surface area (Å²) in [6, 6.07) is 17.7. The molecule has 0 atom stereocenters. The third-order valence-corrected chi connectivity index (χ3v) is 4.39. The Morgan fingerprint density at radius 1 is 1.12 bits per heavy atom. The second kappa shape index (κ2) is 7.21. The molecule has 0 radical (unpaired) electrons. The number of nitrogens with one attached hydrogen (secondary N) is 1. The molecule has 3 aromatic rings. The normalized spacial score (nSPS) is 11.4. The number of nitriles is 1. The van der Waals surface area contributed by atoms with E-state index in [2.05, 4.69) is 14.8 Å². The number of aromatic nitrogens is 3. The average molecular weight is 365 g/mol. The molecule has 1 N–H and O–H groups in total. The standard InChI is InChI=1S/C18H15N5O2S/c1-14-20-18(23(21-14)17-9-7-16(13-19)8-10-17)22-26(24,25)12-11-15-5-3-2-4-6-15/h2-12H,1H3,(H,20,21,22). The van der Waals surface area contributed by atoms with Gasteiger partial charge in [-0.15, -0.1) is 5.10 Å². The van der Waals surface area contributed by atoms with Crippen LogP contribution in [0.1, 0.15) is 17.0 Å². The summed E-state index contributed by atoms with van der Waals surface area (Å²) >= 11 is 0. The first-order valence-corrected chi connectivity index (χ1v) is 9.22. The Morgan fingerprint density at radius 3 is 2.46 bits per heavy atom. The van der Waals surface area contributed by atoms with Crippen molar-refractivity contribution in [2.45, 2.75) is 6.92 Å². The first-order chi connectivity index (χ1) is 12.5. The molecule has 0 unspecified atom stereocenters. The second-order valence-corrected chi connectivity index (χ2v) is 6.98. The van der Waals surface area contributed by atoms with Crippen LogP contribution in [0.15, 0.2) is 60.0 Å². The van der Waals surface area contributed by atoms with Gasteiger partial charge in [0.15, 0.2) is 0 Å². The van der Waals surface area contributed by atoms with Gasteiger partial charge in [-0.05, 0) is 42.8 Å². The summed E-state index contributed by atoms with van der Waals surface area (Å²) in [5, 5.41) is 14.2. The summed E-state index contributed by atoms with van der Waals surface area (Å²) in [5.74, 6) is 0.490. The molecule has 7 nitrogen and oxygen atoms in total. The van der Waals surface area contributed by atoms with Crippen molar-refractivity contribution in [3.63, 3.8) is 0 Å². The Hall–Kier alpha value is -3.44.